The molecule has 1 aliphatic carbocycles. The number of benzene rings is 1. The topological polar surface area (TPSA) is 35.2 Å². The minimum atomic E-state index is 0.250. The molecule has 3 heteroatoms. The van der Waals surface area contributed by atoms with Gasteiger partial charge in [0.25, 0.3) is 0 Å². The van der Waals surface area contributed by atoms with Gasteiger partial charge in [-0.05, 0) is 54.9 Å². The van der Waals surface area contributed by atoms with E-state index in [1.165, 1.54) is 31.2 Å². The first kappa shape index (κ1) is 14.9. The quantitative estimate of drug-likeness (QED) is 0.882. The monoisotopic (exact) mass is 325 g/mol. The summed E-state index contributed by atoms with van der Waals surface area (Å²) >= 11 is 3.52. The van der Waals surface area contributed by atoms with E-state index in [1.807, 2.05) is 12.1 Å². The molecule has 0 amide bonds. The molecule has 19 heavy (non-hydrogen) atoms. The Balaban J connectivity index is 2.02. The van der Waals surface area contributed by atoms with Crippen LogP contribution in [0.15, 0.2) is 22.7 Å². The van der Waals surface area contributed by atoms with Crippen molar-refractivity contribution in [2.45, 2.75) is 45.1 Å². The highest BCUT2D eigenvalue weighted by Gasteiger charge is 2.28. The van der Waals surface area contributed by atoms with Crippen LogP contribution in [-0.4, -0.2) is 13.2 Å². The summed E-state index contributed by atoms with van der Waals surface area (Å²) in [6, 6.07) is 6.40. The molecule has 1 aromatic rings. The maximum absolute atomic E-state index is 6.43. The summed E-state index contributed by atoms with van der Waals surface area (Å²) in [5, 5.41) is 0. The molecule has 1 fully saturated rings. The van der Waals surface area contributed by atoms with Crippen molar-refractivity contribution in [3.8, 4) is 5.75 Å². The fourth-order valence-electron chi connectivity index (χ4n) is 3.20. The van der Waals surface area contributed by atoms with Gasteiger partial charge in [0.1, 0.15) is 5.75 Å². The zero-order chi connectivity index (χ0) is 13.8. The molecule has 3 unspecified atom stereocenters. The van der Waals surface area contributed by atoms with E-state index in [4.69, 9.17) is 10.5 Å². The SMILES string of the molecule is CCC1CCC(C(N)Cc2cc(Br)ccc2OC)C1. The zero-order valence-corrected chi connectivity index (χ0v) is 13.4. The van der Waals surface area contributed by atoms with Gasteiger partial charge in [0, 0.05) is 10.5 Å². The van der Waals surface area contributed by atoms with E-state index in [0.29, 0.717) is 5.92 Å². The molecule has 0 heterocycles. The standard InChI is InChI=1S/C16H24BrNO/c1-3-11-4-5-12(8-11)15(18)10-13-9-14(17)6-7-16(13)19-2/h6-7,9,11-12,15H,3-5,8,10,18H2,1-2H3. The molecule has 106 valence electrons. The van der Waals surface area contributed by atoms with Gasteiger partial charge in [0.05, 0.1) is 7.11 Å². The lowest BCUT2D eigenvalue weighted by molar-refractivity contribution is 0.386. The highest BCUT2D eigenvalue weighted by atomic mass is 79.9. The molecular formula is C16H24BrNO. The van der Waals surface area contributed by atoms with Gasteiger partial charge in [0.15, 0.2) is 0 Å². The smallest absolute Gasteiger partial charge is 0.122 e. The van der Waals surface area contributed by atoms with E-state index >= 15 is 0 Å². The molecule has 0 radical (unpaired) electrons. The van der Waals surface area contributed by atoms with Crippen LogP contribution < -0.4 is 10.5 Å². The molecule has 0 saturated heterocycles. The lowest BCUT2D eigenvalue weighted by Gasteiger charge is -2.20. The van der Waals surface area contributed by atoms with Gasteiger partial charge in [-0.2, -0.15) is 0 Å². The van der Waals surface area contributed by atoms with Crippen LogP contribution in [0.5, 0.6) is 5.75 Å². The van der Waals surface area contributed by atoms with Crippen molar-refractivity contribution in [3.05, 3.63) is 28.2 Å². The van der Waals surface area contributed by atoms with Crippen molar-refractivity contribution in [3.63, 3.8) is 0 Å². The lowest BCUT2D eigenvalue weighted by atomic mass is 9.91. The predicted octanol–water partition coefficient (Wildman–Crippen LogP) is 4.15. The molecule has 1 aromatic carbocycles. The first-order chi connectivity index (χ1) is 9.13. The van der Waals surface area contributed by atoms with Crippen molar-refractivity contribution < 1.29 is 4.74 Å². The van der Waals surface area contributed by atoms with Crippen molar-refractivity contribution in [2.24, 2.45) is 17.6 Å². The average Bonchev–Trinajstić information content (AvgIpc) is 2.88. The number of hydrogen-bond acceptors (Lipinski definition) is 2. The maximum Gasteiger partial charge on any atom is 0.122 e. The fraction of sp³-hybridized carbons (Fsp3) is 0.625. The van der Waals surface area contributed by atoms with Crippen molar-refractivity contribution in [1.82, 2.24) is 0 Å². The van der Waals surface area contributed by atoms with Crippen LogP contribution in [0.4, 0.5) is 0 Å². The van der Waals surface area contributed by atoms with Gasteiger partial charge in [-0.25, -0.2) is 0 Å². The molecule has 2 nitrogen and oxygen atoms in total. The second kappa shape index (κ2) is 6.76. The van der Waals surface area contributed by atoms with E-state index in [0.717, 1.165) is 22.6 Å². The third-order valence-corrected chi connectivity index (χ3v) is 4.96. The van der Waals surface area contributed by atoms with Crippen LogP contribution in [0.2, 0.25) is 0 Å². The number of ether oxygens (including phenoxy) is 1. The lowest BCUT2D eigenvalue weighted by Crippen LogP contribution is -2.31. The van der Waals surface area contributed by atoms with E-state index in [-0.39, 0.29) is 6.04 Å². The highest BCUT2D eigenvalue weighted by Crippen LogP contribution is 2.36. The van der Waals surface area contributed by atoms with Crippen molar-refractivity contribution in [2.75, 3.05) is 7.11 Å². The number of rotatable bonds is 5. The predicted molar refractivity (Wildman–Crippen MR) is 83.5 cm³/mol. The first-order valence-electron chi connectivity index (χ1n) is 7.22. The summed E-state index contributed by atoms with van der Waals surface area (Å²) in [5.41, 5.74) is 7.64. The molecular weight excluding hydrogens is 302 g/mol. The molecule has 1 saturated carbocycles. The highest BCUT2D eigenvalue weighted by molar-refractivity contribution is 9.10. The minimum absolute atomic E-state index is 0.250. The number of hydrogen-bond donors (Lipinski definition) is 1. The van der Waals surface area contributed by atoms with E-state index in [1.54, 1.807) is 7.11 Å². The fourth-order valence-corrected chi connectivity index (χ4v) is 3.61. The van der Waals surface area contributed by atoms with Crippen LogP contribution in [0, 0.1) is 11.8 Å². The van der Waals surface area contributed by atoms with E-state index < -0.39 is 0 Å². The number of methoxy groups -OCH3 is 1. The van der Waals surface area contributed by atoms with Crippen LogP contribution in [-0.2, 0) is 6.42 Å². The van der Waals surface area contributed by atoms with Crippen LogP contribution >= 0.6 is 15.9 Å². The van der Waals surface area contributed by atoms with Crippen LogP contribution in [0.25, 0.3) is 0 Å². The maximum atomic E-state index is 6.43. The second-order valence-corrected chi connectivity index (χ2v) is 6.59. The largest absolute Gasteiger partial charge is 0.496 e. The molecule has 0 aliphatic heterocycles. The Kier molecular flexibility index (Phi) is 5.28. The molecule has 0 spiro atoms. The number of nitrogens with two attached hydrogens (primary N) is 1. The summed E-state index contributed by atoms with van der Waals surface area (Å²) in [5.74, 6) is 2.51. The third-order valence-electron chi connectivity index (χ3n) is 4.46. The molecule has 2 rings (SSSR count). The third kappa shape index (κ3) is 3.73. The summed E-state index contributed by atoms with van der Waals surface area (Å²) < 4.78 is 6.52. The molecule has 1 aliphatic rings. The zero-order valence-electron chi connectivity index (χ0n) is 11.9. The number of halogens is 1. The van der Waals surface area contributed by atoms with Gasteiger partial charge in [-0.3, -0.25) is 0 Å². The Morgan fingerprint density at radius 1 is 1.42 bits per heavy atom. The summed E-state index contributed by atoms with van der Waals surface area (Å²) in [4.78, 5) is 0. The van der Waals surface area contributed by atoms with Crippen molar-refractivity contribution in [1.29, 1.82) is 0 Å². The van der Waals surface area contributed by atoms with E-state index in [9.17, 15) is 0 Å². The summed E-state index contributed by atoms with van der Waals surface area (Å²) in [6.07, 6.45) is 6.14. The molecule has 2 N–H and O–H groups in total. The Bertz CT molecular complexity index is 421. The Hall–Kier alpha value is -0.540. The van der Waals surface area contributed by atoms with Gasteiger partial charge >= 0.3 is 0 Å². The van der Waals surface area contributed by atoms with E-state index in [2.05, 4.69) is 28.9 Å². The molecule has 0 aromatic heterocycles. The summed E-state index contributed by atoms with van der Waals surface area (Å²) in [6.45, 7) is 2.29. The van der Waals surface area contributed by atoms with Gasteiger partial charge in [0.2, 0.25) is 0 Å². The minimum Gasteiger partial charge on any atom is -0.496 e. The van der Waals surface area contributed by atoms with Gasteiger partial charge in [-0.1, -0.05) is 35.7 Å². The normalized spacial score (nSPS) is 24.4. The van der Waals surface area contributed by atoms with Gasteiger partial charge in [-0.15, -0.1) is 0 Å². The van der Waals surface area contributed by atoms with Gasteiger partial charge < -0.3 is 10.5 Å². The van der Waals surface area contributed by atoms with Crippen LogP contribution in [0.3, 0.4) is 0 Å². The Morgan fingerprint density at radius 3 is 2.84 bits per heavy atom. The first-order valence-corrected chi connectivity index (χ1v) is 8.01. The molecule has 0 bridgehead atoms. The Morgan fingerprint density at radius 2 is 2.21 bits per heavy atom. The summed E-state index contributed by atoms with van der Waals surface area (Å²) in [7, 11) is 1.72. The van der Waals surface area contributed by atoms with Crippen LogP contribution in [0.1, 0.15) is 38.2 Å². The second-order valence-electron chi connectivity index (χ2n) is 5.67. The average molecular weight is 326 g/mol. The van der Waals surface area contributed by atoms with Crippen molar-refractivity contribution >= 4 is 15.9 Å². The Labute approximate surface area is 124 Å². The molecule has 3 atom stereocenters.